The molecule has 1 aliphatic rings. The number of carbonyl (C=O) groups is 1. The fourth-order valence-corrected chi connectivity index (χ4v) is 6.83. The number of aliphatic hydroxyl groups is 1. The highest BCUT2D eigenvalue weighted by atomic mass is 16.4. The summed E-state index contributed by atoms with van der Waals surface area (Å²) in [7, 11) is 0. The van der Waals surface area contributed by atoms with Crippen LogP contribution in [-0.4, -0.2) is 28.8 Å². The molecule has 1 aliphatic carbocycles. The van der Waals surface area contributed by atoms with Crippen LogP contribution in [0, 0.1) is 35.5 Å². The van der Waals surface area contributed by atoms with Crippen molar-refractivity contribution in [2.45, 2.75) is 123 Å². The van der Waals surface area contributed by atoms with Crippen LogP contribution in [0.5, 0.6) is 0 Å². The Hall–Kier alpha value is -1.65. The molecule has 0 radical (unpaired) electrons. The van der Waals surface area contributed by atoms with Crippen molar-refractivity contribution in [1.29, 1.82) is 0 Å². The zero-order chi connectivity index (χ0) is 28.5. The van der Waals surface area contributed by atoms with Crippen molar-refractivity contribution >= 4 is 5.97 Å². The molecular weight excluding hydrogens is 482 g/mol. The van der Waals surface area contributed by atoms with E-state index in [1.165, 1.54) is 63.4 Å². The smallest absolute Gasteiger partial charge is 0.309 e. The van der Waals surface area contributed by atoms with Gasteiger partial charge in [-0.2, -0.15) is 0 Å². The Morgan fingerprint density at radius 3 is 2.26 bits per heavy atom. The third kappa shape index (κ3) is 13.5. The predicted molar refractivity (Wildman–Crippen MR) is 165 cm³/mol. The highest BCUT2D eigenvalue weighted by Crippen LogP contribution is 2.36. The standard InChI is InChI=1S/C35H59NO3/c1-27(2)19-20-31(18-12-5-9-15-29-13-7-4-8-14-29)21-23-32(25-26-36)33(34(28(3)37)35(38)39)24-22-30-16-10-6-11-17-30/h5-6,10-12,16-17,27-29,31-34,37H,4,7-9,13-15,18-26,36H2,1-3H3,(H,38,39). The first-order valence-electron chi connectivity index (χ1n) is 16.1. The summed E-state index contributed by atoms with van der Waals surface area (Å²) in [4.78, 5) is 12.3. The molecule has 1 fully saturated rings. The van der Waals surface area contributed by atoms with Crippen molar-refractivity contribution < 1.29 is 15.0 Å². The summed E-state index contributed by atoms with van der Waals surface area (Å²) in [6, 6.07) is 10.3. The third-order valence-corrected chi connectivity index (χ3v) is 9.22. The molecule has 1 saturated carbocycles. The van der Waals surface area contributed by atoms with Gasteiger partial charge in [-0.05, 0) is 106 Å². The molecule has 39 heavy (non-hydrogen) atoms. The lowest BCUT2D eigenvalue weighted by molar-refractivity contribution is -0.149. The Labute approximate surface area is 239 Å². The molecule has 5 unspecified atom stereocenters. The zero-order valence-electron chi connectivity index (χ0n) is 25.3. The quantitative estimate of drug-likeness (QED) is 0.145. The minimum atomic E-state index is -0.887. The zero-order valence-corrected chi connectivity index (χ0v) is 25.3. The average molecular weight is 542 g/mol. The summed E-state index contributed by atoms with van der Waals surface area (Å²) in [6.07, 6.45) is 21.6. The van der Waals surface area contributed by atoms with Crippen LogP contribution in [0.3, 0.4) is 0 Å². The van der Waals surface area contributed by atoms with E-state index < -0.39 is 18.0 Å². The molecule has 0 saturated heterocycles. The van der Waals surface area contributed by atoms with Gasteiger partial charge in [-0.1, -0.05) is 94.9 Å². The van der Waals surface area contributed by atoms with Crippen molar-refractivity contribution in [1.82, 2.24) is 0 Å². The van der Waals surface area contributed by atoms with E-state index in [0.717, 1.165) is 44.4 Å². The maximum Gasteiger partial charge on any atom is 0.309 e. The molecule has 2 rings (SSSR count). The number of aliphatic carboxylic acids is 1. The van der Waals surface area contributed by atoms with E-state index >= 15 is 0 Å². The molecule has 4 heteroatoms. The van der Waals surface area contributed by atoms with Crippen LogP contribution in [-0.2, 0) is 11.2 Å². The van der Waals surface area contributed by atoms with Crippen LogP contribution in [0.4, 0.5) is 0 Å². The topological polar surface area (TPSA) is 83.6 Å². The molecule has 1 aromatic rings. The molecular formula is C35H59NO3. The minimum absolute atomic E-state index is 0.0944. The Kier molecular flexibility index (Phi) is 16.7. The number of rotatable bonds is 20. The van der Waals surface area contributed by atoms with E-state index in [1.807, 2.05) is 18.2 Å². The van der Waals surface area contributed by atoms with Crippen LogP contribution in [0.15, 0.2) is 42.5 Å². The van der Waals surface area contributed by atoms with Gasteiger partial charge in [0, 0.05) is 0 Å². The van der Waals surface area contributed by atoms with Crippen molar-refractivity contribution in [2.75, 3.05) is 6.54 Å². The number of nitrogens with two attached hydrogens (primary N) is 1. The Balaban J connectivity index is 2.05. The maximum absolute atomic E-state index is 12.3. The van der Waals surface area contributed by atoms with E-state index in [1.54, 1.807) is 6.92 Å². The van der Waals surface area contributed by atoms with E-state index in [2.05, 4.69) is 38.1 Å². The molecule has 4 N–H and O–H groups in total. The molecule has 0 aromatic heterocycles. The second kappa shape index (κ2) is 19.4. The van der Waals surface area contributed by atoms with Gasteiger partial charge in [0.05, 0.1) is 12.0 Å². The van der Waals surface area contributed by atoms with Crippen molar-refractivity contribution in [2.24, 2.45) is 41.2 Å². The third-order valence-electron chi connectivity index (χ3n) is 9.22. The van der Waals surface area contributed by atoms with Crippen molar-refractivity contribution in [3.05, 3.63) is 48.0 Å². The summed E-state index contributed by atoms with van der Waals surface area (Å²) in [5.74, 6) is 0.688. The van der Waals surface area contributed by atoms with Crippen molar-refractivity contribution in [3.63, 3.8) is 0 Å². The van der Waals surface area contributed by atoms with Gasteiger partial charge in [-0.15, -0.1) is 0 Å². The second-order valence-corrected chi connectivity index (χ2v) is 12.8. The predicted octanol–water partition coefficient (Wildman–Crippen LogP) is 8.42. The molecule has 0 spiro atoms. The van der Waals surface area contributed by atoms with Crippen LogP contribution in [0.25, 0.3) is 0 Å². The molecule has 222 valence electrons. The van der Waals surface area contributed by atoms with Gasteiger partial charge in [-0.25, -0.2) is 0 Å². The summed E-state index contributed by atoms with van der Waals surface area (Å²) < 4.78 is 0. The van der Waals surface area contributed by atoms with Gasteiger partial charge in [0.1, 0.15) is 0 Å². The van der Waals surface area contributed by atoms with Gasteiger partial charge >= 0.3 is 5.97 Å². The monoisotopic (exact) mass is 541 g/mol. The normalized spacial score (nSPS) is 18.7. The molecule has 4 nitrogen and oxygen atoms in total. The highest BCUT2D eigenvalue weighted by molar-refractivity contribution is 5.71. The van der Waals surface area contributed by atoms with Gasteiger partial charge in [0.25, 0.3) is 0 Å². The van der Waals surface area contributed by atoms with Crippen LogP contribution in [0.2, 0.25) is 0 Å². The van der Waals surface area contributed by atoms with Crippen molar-refractivity contribution in [3.8, 4) is 0 Å². The van der Waals surface area contributed by atoms with Gasteiger partial charge in [-0.3, -0.25) is 4.79 Å². The number of hydrogen-bond acceptors (Lipinski definition) is 3. The molecule has 0 heterocycles. The number of aryl methyl sites for hydroxylation is 1. The largest absolute Gasteiger partial charge is 0.481 e. The summed E-state index contributed by atoms with van der Waals surface area (Å²) in [5.41, 5.74) is 7.30. The lowest BCUT2D eigenvalue weighted by Gasteiger charge is -2.34. The lowest BCUT2D eigenvalue weighted by atomic mass is 9.71. The molecule has 0 bridgehead atoms. The number of benzene rings is 1. The first-order chi connectivity index (χ1) is 18.8. The summed E-state index contributed by atoms with van der Waals surface area (Å²) in [5, 5.41) is 20.6. The van der Waals surface area contributed by atoms with Crippen LogP contribution < -0.4 is 5.73 Å². The van der Waals surface area contributed by atoms with E-state index in [9.17, 15) is 15.0 Å². The lowest BCUT2D eigenvalue weighted by Crippen LogP contribution is -2.38. The van der Waals surface area contributed by atoms with Gasteiger partial charge < -0.3 is 15.9 Å². The number of carboxylic acid groups (broad SMARTS) is 1. The fraction of sp³-hybridized carbons (Fsp3) is 0.743. The number of allylic oxidation sites excluding steroid dienone is 2. The number of carboxylic acids is 1. The molecule has 0 aliphatic heterocycles. The summed E-state index contributed by atoms with van der Waals surface area (Å²) >= 11 is 0. The first kappa shape index (κ1) is 33.6. The maximum atomic E-state index is 12.3. The number of hydrogen-bond donors (Lipinski definition) is 3. The fourth-order valence-electron chi connectivity index (χ4n) is 6.83. The van der Waals surface area contributed by atoms with E-state index in [-0.39, 0.29) is 11.8 Å². The highest BCUT2D eigenvalue weighted by Gasteiger charge is 2.37. The first-order valence-corrected chi connectivity index (χ1v) is 16.1. The number of aliphatic hydroxyl groups excluding tert-OH is 1. The summed E-state index contributed by atoms with van der Waals surface area (Å²) in [6.45, 7) is 6.79. The van der Waals surface area contributed by atoms with Crippen LogP contribution >= 0.6 is 0 Å². The Morgan fingerprint density at radius 2 is 1.64 bits per heavy atom. The SMILES string of the molecule is CC(C)CCC(CC=CCCC1CCCCC1)CCC(CCN)C(CCc1ccccc1)C(C(=O)O)C(C)O. The van der Waals surface area contributed by atoms with Gasteiger partial charge in [0.15, 0.2) is 0 Å². The minimum Gasteiger partial charge on any atom is -0.481 e. The molecule has 5 atom stereocenters. The van der Waals surface area contributed by atoms with E-state index in [0.29, 0.717) is 18.4 Å². The molecule has 0 amide bonds. The Morgan fingerprint density at radius 1 is 0.949 bits per heavy atom. The Bertz CT molecular complexity index is 784. The average Bonchev–Trinajstić information content (AvgIpc) is 2.91. The van der Waals surface area contributed by atoms with E-state index in [4.69, 9.17) is 5.73 Å². The second-order valence-electron chi connectivity index (χ2n) is 12.8. The van der Waals surface area contributed by atoms with Crippen LogP contribution in [0.1, 0.15) is 116 Å². The van der Waals surface area contributed by atoms with Gasteiger partial charge in [0.2, 0.25) is 0 Å². The molecule has 1 aromatic carbocycles.